The Morgan fingerprint density at radius 1 is 1.36 bits per heavy atom. The fraction of sp³-hybridized carbons (Fsp3) is 0.692. The third-order valence-corrected chi connectivity index (χ3v) is 4.38. The Morgan fingerprint density at radius 2 is 1.95 bits per heavy atom. The number of carbonyl (C=O) groups is 2. The first kappa shape index (κ1) is 24.5. The van der Waals surface area contributed by atoms with Gasteiger partial charge in [0.2, 0.25) is 0 Å². The second-order valence-electron chi connectivity index (χ2n) is 4.59. The van der Waals surface area contributed by atoms with Crippen LogP contribution in [0.25, 0.3) is 0 Å². The van der Waals surface area contributed by atoms with E-state index >= 15 is 0 Å². The summed E-state index contributed by atoms with van der Waals surface area (Å²) in [6.45, 7) is 3.54. The van der Waals surface area contributed by atoms with E-state index in [9.17, 15) is 18.0 Å². The zero-order chi connectivity index (χ0) is 17.6. The third kappa shape index (κ3) is 18.3. The SMILES string of the molecule is CC=CC(=O)OCC(CCC)C(=O)O.O=S(=O)(O)CC[CH2][K]. The zero-order valence-electron chi connectivity index (χ0n) is 13.3. The first-order valence-electron chi connectivity index (χ1n) is 7.15. The maximum absolute atomic E-state index is 10.9. The number of esters is 1. The van der Waals surface area contributed by atoms with E-state index in [0.717, 1.165) is 6.94 Å². The third-order valence-electron chi connectivity index (χ3n) is 2.47. The van der Waals surface area contributed by atoms with Crippen molar-refractivity contribution in [2.24, 2.45) is 5.92 Å². The van der Waals surface area contributed by atoms with Gasteiger partial charge >= 0.3 is 96.7 Å². The molecule has 0 amide bonds. The van der Waals surface area contributed by atoms with Gasteiger partial charge in [-0.2, -0.15) is 0 Å². The van der Waals surface area contributed by atoms with Crippen LogP contribution in [0.5, 0.6) is 0 Å². The molecule has 0 rings (SSSR count). The Balaban J connectivity index is 0. The molecule has 22 heavy (non-hydrogen) atoms. The number of carboxylic acid groups (broad SMARTS) is 1. The van der Waals surface area contributed by atoms with Crippen molar-refractivity contribution in [1.82, 2.24) is 0 Å². The topological polar surface area (TPSA) is 118 Å². The first-order valence-corrected chi connectivity index (χ1v) is 11.0. The van der Waals surface area contributed by atoms with E-state index in [2.05, 4.69) is 0 Å². The molecule has 0 aliphatic heterocycles. The number of carbonyl (C=O) groups excluding carboxylic acids is 1. The van der Waals surface area contributed by atoms with Crippen LogP contribution < -0.4 is 0 Å². The van der Waals surface area contributed by atoms with Gasteiger partial charge in [0.1, 0.15) is 6.61 Å². The Morgan fingerprint density at radius 3 is 2.27 bits per heavy atom. The first-order chi connectivity index (χ1) is 10.2. The Kier molecular flexibility index (Phi) is 16.5. The fourth-order valence-electron chi connectivity index (χ4n) is 1.32. The van der Waals surface area contributed by atoms with Crippen LogP contribution in [0.15, 0.2) is 12.2 Å². The van der Waals surface area contributed by atoms with Crippen LogP contribution in [0.3, 0.4) is 0 Å². The van der Waals surface area contributed by atoms with E-state index in [1.165, 1.54) is 6.08 Å². The van der Waals surface area contributed by atoms with Gasteiger partial charge in [-0.05, 0) is 13.3 Å². The van der Waals surface area contributed by atoms with Gasteiger partial charge in [0, 0.05) is 6.08 Å². The number of hydrogen-bond acceptors (Lipinski definition) is 5. The van der Waals surface area contributed by atoms with E-state index in [4.69, 9.17) is 14.4 Å². The summed E-state index contributed by atoms with van der Waals surface area (Å²) < 4.78 is 33.8. The maximum atomic E-state index is 10.9. The fourth-order valence-corrected chi connectivity index (χ4v) is 3.33. The van der Waals surface area contributed by atoms with E-state index in [-0.39, 0.29) is 12.4 Å². The summed E-state index contributed by atoms with van der Waals surface area (Å²) in [5.41, 5.74) is 0. The normalized spacial score (nSPS) is 12.4. The quantitative estimate of drug-likeness (QED) is 0.276. The van der Waals surface area contributed by atoms with Gasteiger partial charge in [0.15, 0.2) is 0 Å². The average Bonchev–Trinajstić information content (AvgIpc) is 2.41. The van der Waals surface area contributed by atoms with E-state index in [1.807, 2.05) is 6.92 Å². The van der Waals surface area contributed by atoms with E-state index in [1.54, 1.807) is 13.0 Å². The molecule has 7 nitrogen and oxygen atoms in total. The van der Waals surface area contributed by atoms with Gasteiger partial charge in [0.05, 0.1) is 5.92 Å². The van der Waals surface area contributed by atoms with Crippen molar-refractivity contribution in [2.45, 2.75) is 33.6 Å². The molecule has 0 spiro atoms. The molecule has 0 aliphatic carbocycles. The van der Waals surface area contributed by atoms with E-state index < -0.39 is 28.0 Å². The van der Waals surface area contributed by atoms with Crippen molar-refractivity contribution < 1.29 is 32.4 Å². The molecule has 0 saturated heterocycles. The van der Waals surface area contributed by atoms with Crippen LogP contribution in [0.1, 0.15) is 33.1 Å². The summed E-state index contributed by atoms with van der Waals surface area (Å²) in [5.74, 6) is -2.06. The molecule has 124 valence electrons. The predicted octanol–water partition coefficient (Wildman–Crippen LogP) is 1.46. The summed E-state index contributed by atoms with van der Waals surface area (Å²) >= 11 is 0.706. The zero-order valence-corrected chi connectivity index (χ0v) is 17.3. The van der Waals surface area contributed by atoms with Crippen molar-refractivity contribution in [2.75, 3.05) is 12.4 Å². The van der Waals surface area contributed by atoms with Crippen LogP contribution in [0, 0.1) is 5.92 Å². The summed E-state index contributed by atoms with van der Waals surface area (Å²) in [6, 6.07) is 0. The number of aliphatic carboxylic acids is 1. The standard InChI is InChI=1S/C10H16O4.C3H7O3S.K/c1-3-5-8(10(12)13)7-14-9(11)6-4-2;1-2-3-7(4,5)6;/h4,6,8H,3,5,7H2,1-2H3,(H,12,13);1-3H2,(H,4,5,6);. The van der Waals surface area contributed by atoms with Gasteiger partial charge in [-0.15, -0.1) is 0 Å². The minimum atomic E-state index is -3.66. The molecular weight excluding hydrogens is 339 g/mol. The van der Waals surface area contributed by atoms with Crippen molar-refractivity contribution in [3.63, 3.8) is 0 Å². The molecule has 1 unspecified atom stereocenters. The molecule has 0 aromatic carbocycles. The summed E-state index contributed by atoms with van der Waals surface area (Å²) in [4.78, 5) is 21.5. The molecule has 0 aromatic rings. The Bertz CT molecular complexity index is 445. The van der Waals surface area contributed by atoms with Crippen molar-refractivity contribution in [3.05, 3.63) is 12.2 Å². The van der Waals surface area contributed by atoms with Gasteiger partial charge in [-0.1, -0.05) is 19.4 Å². The van der Waals surface area contributed by atoms with Gasteiger partial charge in [-0.3, -0.25) is 4.79 Å². The molecule has 0 bridgehead atoms. The molecule has 0 aromatic heterocycles. The van der Waals surface area contributed by atoms with Crippen LogP contribution >= 0.6 is 0 Å². The van der Waals surface area contributed by atoms with E-state index in [0.29, 0.717) is 61.8 Å². The number of rotatable bonds is 9. The summed E-state index contributed by atoms with van der Waals surface area (Å²) in [5, 5.41) is 8.74. The van der Waals surface area contributed by atoms with Gasteiger partial charge in [0.25, 0.3) is 0 Å². The molecule has 2 N–H and O–H groups in total. The second-order valence-corrected chi connectivity index (χ2v) is 7.73. The van der Waals surface area contributed by atoms with Crippen LogP contribution in [-0.2, 0) is 24.4 Å². The number of carboxylic acids is 1. The Labute approximate surface area is 165 Å². The van der Waals surface area contributed by atoms with Crippen LogP contribution in [0.2, 0.25) is 0.515 Å². The number of allylic oxidation sites excluding steroid dienone is 1. The predicted molar refractivity (Wildman–Crippen MR) is 83.4 cm³/mol. The molecular formula is C13H23KO7S. The van der Waals surface area contributed by atoms with Crippen molar-refractivity contribution >= 4 is 71.0 Å². The molecule has 0 aliphatic rings. The number of ether oxygens (including phenoxy) is 1. The molecule has 1 atom stereocenters. The minimum absolute atomic E-state index is 0.0493. The molecule has 9 heteroatoms. The molecule has 0 radical (unpaired) electrons. The average molecular weight is 362 g/mol. The molecule has 0 fully saturated rings. The van der Waals surface area contributed by atoms with Gasteiger partial charge < -0.3 is 9.84 Å². The summed E-state index contributed by atoms with van der Waals surface area (Å²) in [7, 11) is -3.66. The van der Waals surface area contributed by atoms with Gasteiger partial charge in [-0.25, -0.2) is 4.79 Å². The number of hydrogen-bond donors (Lipinski definition) is 2. The van der Waals surface area contributed by atoms with Crippen molar-refractivity contribution in [3.8, 4) is 0 Å². The molecule has 0 saturated carbocycles. The monoisotopic (exact) mass is 362 g/mol. The van der Waals surface area contributed by atoms with Crippen LogP contribution in [0.4, 0.5) is 0 Å². The van der Waals surface area contributed by atoms with Crippen molar-refractivity contribution in [1.29, 1.82) is 0 Å². The molecule has 0 heterocycles. The summed E-state index contributed by atoms with van der Waals surface area (Å²) in [6.07, 6.45) is 4.73. The van der Waals surface area contributed by atoms with Crippen LogP contribution in [-0.4, -0.2) is 91.3 Å². The Hall–Kier alpha value is 0.226. The second kappa shape index (κ2) is 14.8.